The minimum atomic E-state index is 1.07. The topological polar surface area (TPSA) is 0 Å². The van der Waals surface area contributed by atoms with E-state index in [-0.39, 0.29) is 0 Å². The van der Waals surface area contributed by atoms with Crippen LogP contribution in [-0.4, -0.2) is 0 Å². The summed E-state index contributed by atoms with van der Waals surface area (Å²) in [6.07, 6.45) is 15.2. The van der Waals surface area contributed by atoms with Gasteiger partial charge in [-0.1, -0.05) is 65.2 Å². The average Bonchev–Trinajstić information content (AvgIpc) is 2.39. The lowest BCUT2D eigenvalue weighted by Gasteiger charge is -2.38. The zero-order valence-electron chi connectivity index (χ0n) is 11.4. The van der Waals surface area contributed by atoms with Gasteiger partial charge in [0.15, 0.2) is 0 Å². The Morgan fingerprint density at radius 3 is 1.50 bits per heavy atom. The normalized spacial score (nSPS) is 40.9. The maximum Gasteiger partial charge on any atom is -0.0383 e. The Hall–Kier alpha value is 0. The lowest BCUT2D eigenvalue weighted by molar-refractivity contribution is 0.130. The highest BCUT2D eigenvalue weighted by atomic mass is 14.4. The van der Waals surface area contributed by atoms with E-state index in [1.54, 1.807) is 25.7 Å². The summed E-state index contributed by atoms with van der Waals surface area (Å²) in [4.78, 5) is 0. The Labute approximate surface area is 102 Å². The maximum atomic E-state index is 2.39. The molecule has 2 aliphatic rings. The van der Waals surface area contributed by atoms with E-state index in [0.29, 0.717) is 0 Å². The quantitative estimate of drug-likeness (QED) is 0.598. The minimum absolute atomic E-state index is 1.07. The van der Waals surface area contributed by atoms with E-state index in [2.05, 4.69) is 13.8 Å². The summed E-state index contributed by atoms with van der Waals surface area (Å²) in [5, 5.41) is 0. The number of rotatable bonds is 3. The summed E-state index contributed by atoms with van der Waals surface area (Å²) in [5.74, 6) is 4.35. The Morgan fingerprint density at radius 2 is 1.12 bits per heavy atom. The van der Waals surface area contributed by atoms with Crippen molar-refractivity contribution < 1.29 is 0 Å². The molecule has 0 N–H and O–H groups in total. The predicted octanol–water partition coefficient (Wildman–Crippen LogP) is 5.42. The minimum Gasteiger partial charge on any atom is -0.0651 e. The second-order valence-corrected chi connectivity index (χ2v) is 6.40. The highest BCUT2D eigenvalue weighted by molar-refractivity contribution is 4.82. The molecule has 0 radical (unpaired) electrons. The van der Waals surface area contributed by atoms with Crippen LogP contribution in [0.2, 0.25) is 0 Å². The molecule has 0 heteroatoms. The van der Waals surface area contributed by atoms with Crippen LogP contribution in [-0.2, 0) is 0 Å². The summed E-state index contributed by atoms with van der Waals surface area (Å²) >= 11 is 0. The standard InChI is InChI=1S/C16H30/c1-3-13-7-5-9-15(11-13)16-10-6-8-14(4-2)12-16/h13-16H,3-12H2,1-2H3. The summed E-state index contributed by atoms with van der Waals surface area (Å²) in [5.41, 5.74) is 0. The van der Waals surface area contributed by atoms with Crippen molar-refractivity contribution in [1.82, 2.24) is 0 Å². The fourth-order valence-corrected chi connectivity index (χ4v) is 4.26. The van der Waals surface area contributed by atoms with Gasteiger partial charge in [-0.25, -0.2) is 0 Å². The highest BCUT2D eigenvalue weighted by Crippen LogP contribution is 2.43. The fourth-order valence-electron chi connectivity index (χ4n) is 4.26. The van der Waals surface area contributed by atoms with Crippen LogP contribution < -0.4 is 0 Å². The van der Waals surface area contributed by atoms with E-state index in [0.717, 1.165) is 23.7 Å². The molecule has 2 fully saturated rings. The van der Waals surface area contributed by atoms with E-state index in [4.69, 9.17) is 0 Å². The van der Waals surface area contributed by atoms with Gasteiger partial charge in [-0.2, -0.15) is 0 Å². The van der Waals surface area contributed by atoms with Crippen molar-refractivity contribution in [2.75, 3.05) is 0 Å². The molecule has 2 saturated carbocycles. The van der Waals surface area contributed by atoms with Gasteiger partial charge in [-0.05, 0) is 36.5 Å². The molecule has 0 aromatic carbocycles. The van der Waals surface area contributed by atoms with E-state index >= 15 is 0 Å². The molecule has 0 spiro atoms. The fraction of sp³-hybridized carbons (Fsp3) is 1.00. The molecule has 16 heavy (non-hydrogen) atoms. The first kappa shape index (κ1) is 12.5. The molecule has 0 heterocycles. The van der Waals surface area contributed by atoms with Gasteiger partial charge in [0.05, 0.1) is 0 Å². The van der Waals surface area contributed by atoms with Crippen molar-refractivity contribution in [3.63, 3.8) is 0 Å². The van der Waals surface area contributed by atoms with Gasteiger partial charge in [0.25, 0.3) is 0 Å². The van der Waals surface area contributed by atoms with Crippen LogP contribution in [0.3, 0.4) is 0 Å². The van der Waals surface area contributed by atoms with Crippen LogP contribution in [0.5, 0.6) is 0 Å². The lowest BCUT2D eigenvalue weighted by Crippen LogP contribution is -2.27. The Balaban J connectivity index is 1.85. The van der Waals surface area contributed by atoms with Crippen molar-refractivity contribution >= 4 is 0 Å². The van der Waals surface area contributed by atoms with Gasteiger partial charge in [-0.15, -0.1) is 0 Å². The molecule has 4 atom stereocenters. The second-order valence-electron chi connectivity index (χ2n) is 6.40. The van der Waals surface area contributed by atoms with E-state index in [1.807, 2.05) is 0 Å². The van der Waals surface area contributed by atoms with Gasteiger partial charge < -0.3 is 0 Å². The second kappa shape index (κ2) is 6.07. The van der Waals surface area contributed by atoms with Crippen LogP contribution >= 0.6 is 0 Å². The molecule has 0 saturated heterocycles. The van der Waals surface area contributed by atoms with E-state index < -0.39 is 0 Å². The third kappa shape index (κ3) is 3.02. The zero-order valence-corrected chi connectivity index (χ0v) is 11.4. The summed E-state index contributed by atoms with van der Waals surface area (Å²) in [7, 11) is 0. The monoisotopic (exact) mass is 222 g/mol. The molecule has 2 rings (SSSR count). The summed E-state index contributed by atoms with van der Waals surface area (Å²) in [6, 6.07) is 0. The molecule has 0 nitrogen and oxygen atoms in total. The first-order valence-electron chi connectivity index (χ1n) is 7.83. The van der Waals surface area contributed by atoms with Crippen LogP contribution in [0.4, 0.5) is 0 Å². The molecular formula is C16H30. The molecule has 0 aromatic heterocycles. The third-order valence-electron chi connectivity index (χ3n) is 5.47. The molecule has 0 aromatic rings. The van der Waals surface area contributed by atoms with Crippen molar-refractivity contribution in [3.05, 3.63) is 0 Å². The number of hydrogen-bond acceptors (Lipinski definition) is 0. The smallest absolute Gasteiger partial charge is 0.0383 e. The first-order chi connectivity index (χ1) is 7.83. The van der Waals surface area contributed by atoms with Gasteiger partial charge >= 0.3 is 0 Å². The van der Waals surface area contributed by atoms with Crippen molar-refractivity contribution in [3.8, 4) is 0 Å². The molecule has 4 unspecified atom stereocenters. The molecular weight excluding hydrogens is 192 g/mol. The molecule has 94 valence electrons. The van der Waals surface area contributed by atoms with Crippen LogP contribution in [0, 0.1) is 23.7 Å². The Morgan fingerprint density at radius 1 is 0.688 bits per heavy atom. The summed E-state index contributed by atoms with van der Waals surface area (Å²) < 4.78 is 0. The molecule has 2 aliphatic carbocycles. The first-order valence-corrected chi connectivity index (χ1v) is 7.83. The SMILES string of the molecule is CCC1CCCC(C2CCCC(CC)C2)C1. The van der Waals surface area contributed by atoms with Gasteiger partial charge in [0.2, 0.25) is 0 Å². The van der Waals surface area contributed by atoms with Gasteiger partial charge in [0, 0.05) is 0 Å². The average molecular weight is 222 g/mol. The Kier molecular flexibility index (Phi) is 4.73. The van der Waals surface area contributed by atoms with Crippen molar-refractivity contribution in [2.45, 2.75) is 78.1 Å². The Bertz CT molecular complexity index is 174. The van der Waals surface area contributed by atoms with Crippen LogP contribution in [0.25, 0.3) is 0 Å². The molecule has 0 bridgehead atoms. The van der Waals surface area contributed by atoms with Gasteiger partial charge in [-0.3, -0.25) is 0 Å². The lowest BCUT2D eigenvalue weighted by atomic mass is 9.67. The third-order valence-corrected chi connectivity index (χ3v) is 5.47. The van der Waals surface area contributed by atoms with Crippen LogP contribution in [0.15, 0.2) is 0 Å². The van der Waals surface area contributed by atoms with E-state index in [9.17, 15) is 0 Å². The highest BCUT2D eigenvalue weighted by Gasteiger charge is 2.30. The van der Waals surface area contributed by atoms with Crippen molar-refractivity contribution in [2.24, 2.45) is 23.7 Å². The number of hydrogen-bond donors (Lipinski definition) is 0. The molecule has 0 aliphatic heterocycles. The van der Waals surface area contributed by atoms with Crippen LogP contribution in [0.1, 0.15) is 78.1 Å². The summed E-state index contributed by atoms with van der Waals surface area (Å²) in [6.45, 7) is 4.78. The zero-order chi connectivity index (χ0) is 11.4. The predicted molar refractivity (Wildman–Crippen MR) is 71.5 cm³/mol. The largest absolute Gasteiger partial charge is 0.0651 e. The van der Waals surface area contributed by atoms with E-state index in [1.165, 1.54) is 38.5 Å². The maximum absolute atomic E-state index is 2.39. The van der Waals surface area contributed by atoms with Gasteiger partial charge in [0.1, 0.15) is 0 Å². The molecule has 0 amide bonds. The van der Waals surface area contributed by atoms with Crippen molar-refractivity contribution in [1.29, 1.82) is 0 Å².